The van der Waals surface area contributed by atoms with Crippen LogP contribution in [0.25, 0.3) is 17.1 Å². The Kier molecular flexibility index (Phi) is 5.93. The summed E-state index contributed by atoms with van der Waals surface area (Å²) in [7, 11) is 0. The number of hydrogen-bond donors (Lipinski definition) is 1. The van der Waals surface area contributed by atoms with Crippen molar-refractivity contribution in [2.45, 2.75) is 13.1 Å². The summed E-state index contributed by atoms with van der Waals surface area (Å²) in [6.07, 6.45) is -2.18. The Morgan fingerprint density at radius 1 is 1.00 bits per heavy atom. The number of carbonyl (C=O) groups is 1. The first-order valence-corrected chi connectivity index (χ1v) is 9.80. The Morgan fingerprint density at radius 2 is 1.71 bits per heavy atom. The molecular weight excluding hydrogens is 454 g/mol. The molecule has 7 nitrogen and oxygen atoms in total. The Bertz CT molecular complexity index is 1430. The highest BCUT2D eigenvalue weighted by atomic mass is 19.4. The normalized spacial score (nSPS) is 11.3. The van der Waals surface area contributed by atoms with E-state index in [9.17, 15) is 27.2 Å². The first-order valence-electron chi connectivity index (χ1n) is 9.80. The molecule has 0 aliphatic rings. The quantitative estimate of drug-likeness (QED) is 0.448. The number of rotatable bonds is 4. The minimum Gasteiger partial charge on any atom is -0.318 e. The second kappa shape index (κ2) is 8.85. The molecule has 0 radical (unpaired) electrons. The van der Waals surface area contributed by atoms with E-state index >= 15 is 0 Å². The van der Waals surface area contributed by atoms with Gasteiger partial charge in [0.15, 0.2) is 11.5 Å². The Balaban J connectivity index is 1.65. The Labute approximate surface area is 189 Å². The summed E-state index contributed by atoms with van der Waals surface area (Å²) >= 11 is 0. The number of carbonyl (C=O) groups excluding carboxylic acids is 1. The van der Waals surface area contributed by atoms with Gasteiger partial charge in [0.25, 0.3) is 5.91 Å². The largest absolute Gasteiger partial charge is 0.418 e. The maximum atomic E-state index is 13.5. The first-order chi connectivity index (χ1) is 16.1. The second-order valence-electron chi connectivity index (χ2n) is 7.19. The molecule has 0 atom stereocenters. The van der Waals surface area contributed by atoms with Gasteiger partial charge in [-0.25, -0.2) is 19.0 Å². The zero-order valence-electron chi connectivity index (χ0n) is 17.5. The monoisotopic (exact) mass is 469 g/mol. The molecule has 0 bridgehead atoms. The molecule has 1 N–H and O–H groups in total. The Morgan fingerprint density at radius 3 is 2.38 bits per heavy atom. The van der Waals surface area contributed by atoms with Crippen LogP contribution in [0.5, 0.6) is 0 Å². The van der Waals surface area contributed by atoms with Crippen LogP contribution in [0.3, 0.4) is 0 Å². The molecule has 0 saturated heterocycles. The van der Waals surface area contributed by atoms with Crippen molar-refractivity contribution < 1.29 is 22.4 Å². The molecule has 2 aromatic carbocycles. The highest BCUT2D eigenvalue weighted by Crippen LogP contribution is 2.33. The second-order valence-corrected chi connectivity index (χ2v) is 7.19. The van der Waals surface area contributed by atoms with Gasteiger partial charge < -0.3 is 5.32 Å². The fourth-order valence-electron chi connectivity index (χ4n) is 3.21. The van der Waals surface area contributed by atoms with Gasteiger partial charge in [0.1, 0.15) is 5.82 Å². The van der Waals surface area contributed by atoms with Crippen LogP contribution in [0.4, 0.5) is 23.2 Å². The van der Waals surface area contributed by atoms with E-state index in [0.29, 0.717) is 5.56 Å². The zero-order valence-corrected chi connectivity index (χ0v) is 17.5. The number of aryl methyl sites for hydroxylation is 1. The van der Waals surface area contributed by atoms with Crippen molar-refractivity contribution in [3.63, 3.8) is 0 Å². The summed E-state index contributed by atoms with van der Waals surface area (Å²) in [5.74, 6) is -1.21. The van der Waals surface area contributed by atoms with E-state index in [2.05, 4.69) is 20.4 Å². The third-order valence-corrected chi connectivity index (χ3v) is 4.75. The Hall–Kier alpha value is -4.41. The van der Waals surface area contributed by atoms with Crippen LogP contribution in [0.15, 0.2) is 71.8 Å². The molecule has 0 spiro atoms. The number of benzene rings is 2. The minimum absolute atomic E-state index is 0.106. The first kappa shape index (κ1) is 22.8. The van der Waals surface area contributed by atoms with Gasteiger partial charge in [0.05, 0.1) is 29.3 Å². The average Bonchev–Trinajstić information content (AvgIpc) is 2.79. The number of anilines is 1. The predicted molar refractivity (Wildman–Crippen MR) is 115 cm³/mol. The molecule has 11 heteroatoms. The molecule has 0 saturated carbocycles. The molecule has 2 aromatic heterocycles. The third-order valence-electron chi connectivity index (χ3n) is 4.75. The highest BCUT2D eigenvalue weighted by molar-refractivity contribution is 6.02. The molecule has 172 valence electrons. The molecular formula is C23H15F4N5O2. The number of halogens is 4. The van der Waals surface area contributed by atoms with Crippen LogP contribution in [-0.2, 0) is 6.18 Å². The smallest absolute Gasteiger partial charge is 0.318 e. The molecule has 0 aliphatic carbocycles. The number of para-hydroxylation sites is 1. The van der Waals surface area contributed by atoms with Crippen LogP contribution in [-0.4, -0.2) is 25.7 Å². The van der Waals surface area contributed by atoms with Crippen LogP contribution in [0, 0.1) is 12.7 Å². The zero-order chi connectivity index (χ0) is 24.5. The van der Waals surface area contributed by atoms with Gasteiger partial charge >= 0.3 is 6.18 Å². The van der Waals surface area contributed by atoms with Gasteiger partial charge in [-0.1, -0.05) is 24.3 Å². The highest BCUT2D eigenvalue weighted by Gasteiger charge is 2.34. The average molecular weight is 469 g/mol. The number of aromatic nitrogens is 4. The van der Waals surface area contributed by atoms with E-state index in [1.54, 1.807) is 6.07 Å². The number of nitrogens with zero attached hydrogens (tertiary/aromatic N) is 4. The van der Waals surface area contributed by atoms with E-state index in [1.807, 2.05) is 0 Å². The molecule has 0 aliphatic heterocycles. The fraction of sp³-hybridized carbons (Fsp3) is 0.0870. The molecule has 0 fully saturated rings. The van der Waals surface area contributed by atoms with Crippen molar-refractivity contribution in [2.75, 3.05) is 5.32 Å². The summed E-state index contributed by atoms with van der Waals surface area (Å²) in [4.78, 5) is 33.2. The number of alkyl halides is 3. The van der Waals surface area contributed by atoms with Gasteiger partial charge in [-0.2, -0.15) is 18.3 Å². The lowest BCUT2D eigenvalue weighted by atomic mass is 10.1. The maximum absolute atomic E-state index is 13.5. The molecule has 4 rings (SSSR count). The van der Waals surface area contributed by atoms with Gasteiger partial charge in [-0.05, 0) is 31.2 Å². The summed E-state index contributed by atoms with van der Waals surface area (Å²) in [6.45, 7) is 1.40. The van der Waals surface area contributed by atoms with Crippen molar-refractivity contribution in [1.82, 2.24) is 19.7 Å². The van der Waals surface area contributed by atoms with Crippen LogP contribution >= 0.6 is 0 Å². The minimum atomic E-state index is -4.67. The van der Waals surface area contributed by atoms with E-state index in [1.165, 1.54) is 55.7 Å². The number of hydrogen-bond acceptors (Lipinski definition) is 5. The van der Waals surface area contributed by atoms with Crippen molar-refractivity contribution in [1.29, 1.82) is 0 Å². The van der Waals surface area contributed by atoms with Crippen molar-refractivity contribution in [2.24, 2.45) is 0 Å². The SMILES string of the molecule is Cc1cc(=O)c(C(=O)Nc2cnc(-c3cccc(F)c3)nc2)nn1-c1ccccc1C(F)(F)F. The molecule has 4 aromatic rings. The van der Waals surface area contributed by atoms with Gasteiger partial charge in [0, 0.05) is 17.3 Å². The topological polar surface area (TPSA) is 89.8 Å². The standard InChI is InChI=1S/C23H15F4N5O2/c1-13-9-19(33)20(31-32(13)18-8-3-2-7-17(18)23(25,26)27)22(34)30-16-11-28-21(29-12-16)14-5-4-6-15(24)10-14/h2-12H,1H3,(H,30,34). The van der Waals surface area contributed by atoms with Crippen molar-refractivity contribution in [3.05, 3.63) is 100.0 Å². The van der Waals surface area contributed by atoms with E-state index in [-0.39, 0.29) is 22.9 Å². The van der Waals surface area contributed by atoms with Crippen LogP contribution in [0.2, 0.25) is 0 Å². The number of amides is 1. The lowest BCUT2D eigenvalue weighted by molar-refractivity contribution is -0.137. The molecule has 2 heterocycles. The third kappa shape index (κ3) is 4.68. The van der Waals surface area contributed by atoms with E-state index in [0.717, 1.165) is 16.8 Å². The lowest BCUT2D eigenvalue weighted by Gasteiger charge is -2.16. The van der Waals surface area contributed by atoms with Gasteiger partial charge in [0.2, 0.25) is 5.43 Å². The summed E-state index contributed by atoms with van der Waals surface area (Å²) < 4.78 is 54.6. The van der Waals surface area contributed by atoms with Crippen LogP contribution < -0.4 is 10.7 Å². The maximum Gasteiger partial charge on any atom is 0.418 e. The van der Waals surface area contributed by atoms with Crippen molar-refractivity contribution >= 4 is 11.6 Å². The summed E-state index contributed by atoms with van der Waals surface area (Å²) in [6, 6.07) is 11.3. The fourth-order valence-corrected chi connectivity index (χ4v) is 3.21. The van der Waals surface area contributed by atoms with E-state index in [4.69, 9.17) is 0 Å². The lowest BCUT2D eigenvalue weighted by Crippen LogP contribution is -2.27. The van der Waals surface area contributed by atoms with E-state index < -0.39 is 34.6 Å². The van der Waals surface area contributed by atoms with Crippen LogP contribution in [0.1, 0.15) is 21.7 Å². The van der Waals surface area contributed by atoms with Gasteiger partial charge in [-0.15, -0.1) is 0 Å². The number of nitrogens with one attached hydrogen (secondary N) is 1. The summed E-state index contributed by atoms with van der Waals surface area (Å²) in [5.41, 5.74) is -2.05. The molecule has 0 unspecified atom stereocenters. The molecule has 1 amide bonds. The van der Waals surface area contributed by atoms with Gasteiger partial charge in [-0.3, -0.25) is 9.59 Å². The molecule has 34 heavy (non-hydrogen) atoms. The van der Waals surface area contributed by atoms with Crippen molar-refractivity contribution in [3.8, 4) is 17.1 Å². The summed E-state index contributed by atoms with van der Waals surface area (Å²) in [5, 5.41) is 6.29. The predicted octanol–water partition coefficient (Wildman–Crippen LogP) is 4.41.